The maximum atomic E-state index is 11.5. The fourth-order valence-electron chi connectivity index (χ4n) is 1.51. The Balaban J connectivity index is 2.53. The monoisotopic (exact) mass is 204 g/mol. The second-order valence-corrected chi connectivity index (χ2v) is 3.20. The van der Waals surface area contributed by atoms with Gasteiger partial charge in [0, 0.05) is 6.20 Å². The fourth-order valence-corrected chi connectivity index (χ4v) is 1.51. The number of esters is 1. The molecule has 0 N–H and O–H groups in total. The maximum absolute atomic E-state index is 11.5. The second kappa shape index (κ2) is 3.73. The van der Waals surface area contributed by atoms with Crippen molar-refractivity contribution in [3.8, 4) is 0 Å². The van der Waals surface area contributed by atoms with E-state index in [1.165, 1.54) is 0 Å². The largest absolute Gasteiger partial charge is 0.461 e. The molecule has 4 heteroatoms. The first-order valence-electron chi connectivity index (χ1n) is 4.85. The highest BCUT2D eigenvalue weighted by molar-refractivity contribution is 5.89. The summed E-state index contributed by atoms with van der Waals surface area (Å²) in [5, 5.41) is 0. The molecule has 0 aliphatic rings. The van der Waals surface area contributed by atoms with Crippen molar-refractivity contribution in [2.24, 2.45) is 0 Å². The molecule has 0 aliphatic carbocycles. The molecule has 78 valence electrons. The number of aryl methyl sites for hydroxylation is 1. The van der Waals surface area contributed by atoms with Gasteiger partial charge in [0.1, 0.15) is 5.65 Å². The molecule has 15 heavy (non-hydrogen) atoms. The van der Waals surface area contributed by atoms with Crippen LogP contribution in [0.3, 0.4) is 0 Å². The fraction of sp³-hybridized carbons (Fsp3) is 0.273. The Hall–Kier alpha value is -1.84. The lowest BCUT2D eigenvalue weighted by Gasteiger charge is -1.98. The van der Waals surface area contributed by atoms with Crippen LogP contribution in [-0.4, -0.2) is 22.0 Å². The summed E-state index contributed by atoms with van der Waals surface area (Å²) in [6, 6.07) is 5.64. The van der Waals surface area contributed by atoms with E-state index in [9.17, 15) is 4.79 Å². The van der Waals surface area contributed by atoms with Crippen molar-refractivity contribution >= 4 is 11.6 Å². The summed E-state index contributed by atoms with van der Waals surface area (Å²) in [6.07, 6.45) is 1.88. The minimum absolute atomic E-state index is 0.362. The molecule has 0 unspecified atom stereocenters. The van der Waals surface area contributed by atoms with E-state index in [-0.39, 0.29) is 5.97 Å². The van der Waals surface area contributed by atoms with Crippen LogP contribution >= 0.6 is 0 Å². The highest BCUT2D eigenvalue weighted by Crippen LogP contribution is 2.12. The molecule has 2 heterocycles. The number of carbonyl (C=O) groups excluding carboxylic acids is 1. The second-order valence-electron chi connectivity index (χ2n) is 3.20. The zero-order valence-electron chi connectivity index (χ0n) is 8.73. The van der Waals surface area contributed by atoms with Gasteiger partial charge < -0.3 is 9.14 Å². The molecule has 0 radical (unpaired) electrons. The van der Waals surface area contributed by atoms with Gasteiger partial charge in [-0.15, -0.1) is 0 Å². The van der Waals surface area contributed by atoms with Crippen LogP contribution in [0.4, 0.5) is 0 Å². The van der Waals surface area contributed by atoms with E-state index in [4.69, 9.17) is 4.74 Å². The van der Waals surface area contributed by atoms with E-state index >= 15 is 0 Å². The van der Waals surface area contributed by atoms with Gasteiger partial charge in [0.2, 0.25) is 0 Å². The van der Waals surface area contributed by atoms with Crippen LogP contribution in [0, 0.1) is 6.92 Å². The van der Waals surface area contributed by atoms with Crippen molar-refractivity contribution in [3.63, 3.8) is 0 Å². The van der Waals surface area contributed by atoms with Crippen LogP contribution in [0.25, 0.3) is 5.65 Å². The average Bonchev–Trinajstić information content (AvgIpc) is 2.57. The molecule has 0 saturated carbocycles. The van der Waals surface area contributed by atoms with Crippen LogP contribution in [0.2, 0.25) is 0 Å². The van der Waals surface area contributed by atoms with Crippen molar-refractivity contribution in [2.45, 2.75) is 13.8 Å². The average molecular weight is 204 g/mol. The van der Waals surface area contributed by atoms with Gasteiger partial charge in [0.05, 0.1) is 12.3 Å². The molecule has 2 rings (SSSR count). The Morgan fingerprint density at radius 2 is 2.33 bits per heavy atom. The molecule has 0 aromatic carbocycles. The quantitative estimate of drug-likeness (QED) is 0.701. The summed E-state index contributed by atoms with van der Waals surface area (Å²) < 4.78 is 6.79. The number of rotatable bonds is 2. The zero-order valence-corrected chi connectivity index (χ0v) is 8.73. The lowest BCUT2D eigenvalue weighted by atomic mass is 10.3. The molecule has 0 spiro atoms. The van der Waals surface area contributed by atoms with Gasteiger partial charge in [-0.3, -0.25) is 0 Å². The highest BCUT2D eigenvalue weighted by Gasteiger charge is 2.15. The summed E-state index contributed by atoms with van der Waals surface area (Å²) in [5.74, 6) is -0.362. The third-order valence-electron chi connectivity index (χ3n) is 2.24. The number of imidazole rings is 1. The predicted octanol–water partition coefficient (Wildman–Crippen LogP) is 1.82. The zero-order chi connectivity index (χ0) is 10.8. The number of carbonyl (C=O) groups is 1. The Kier molecular flexibility index (Phi) is 2.41. The van der Waals surface area contributed by atoms with Crippen molar-refractivity contribution in [3.05, 3.63) is 35.8 Å². The summed E-state index contributed by atoms with van der Waals surface area (Å²) in [7, 11) is 0. The number of pyridine rings is 1. The number of hydrogen-bond donors (Lipinski definition) is 0. The van der Waals surface area contributed by atoms with Gasteiger partial charge in [-0.2, -0.15) is 0 Å². The molecule has 0 fully saturated rings. The van der Waals surface area contributed by atoms with Crippen molar-refractivity contribution in [1.82, 2.24) is 9.38 Å². The minimum atomic E-state index is -0.362. The molecule has 0 atom stereocenters. The number of ether oxygens (including phenoxy) is 1. The van der Waals surface area contributed by atoms with E-state index in [0.717, 1.165) is 11.3 Å². The topological polar surface area (TPSA) is 43.6 Å². The van der Waals surface area contributed by atoms with E-state index < -0.39 is 0 Å². The molecule has 0 bridgehead atoms. The Morgan fingerprint density at radius 3 is 3.00 bits per heavy atom. The van der Waals surface area contributed by atoms with E-state index in [1.54, 1.807) is 6.92 Å². The third kappa shape index (κ3) is 1.58. The predicted molar refractivity (Wildman–Crippen MR) is 55.9 cm³/mol. The molecule has 2 aromatic rings. The molecule has 2 aromatic heterocycles. The number of nitrogens with zero attached hydrogens (tertiary/aromatic N) is 2. The molecule has 0 aliphatic heterocycles. The molecule has 0 amide bonds. The van der Waals surface area contributed by atoms with E-state index in [1.807, 2.05) is 35.7 Å². The molecular weight excluding hydrogens is 192 g/mol. The summed E-state index contributed by atoms with van der Waals surface area (Å²) in [4.78, 5) is 15.8. The van der Waals surface area contributed by atoms with Gasteiger partial charge in [-0.05, 0) is 26.0 Å². The highest BCUT2D eigenvalue weighted by atomic mass is 16.5. The van der Waals surface area contributed by atoms with Gasteiger partial charge in [-0.25, -0.2) is 9.78 Å². The lowest BCUT2D eigenvalue weighted by molar-refractivity contribution is 0.0519. The van der Waals surface area contributed by atoms with Gasteiger partial charge in [0.25, 0.3) is 0 Å². The van der Waals surface area contributed by atoms with Crippen molar-refractivity contribution < 1.29 is 9.53 Å². The van der Waals surface area contributed by atoms with Crippen LogP contribution in [0.15, 0.2) is 24.4 Å². The van der Waals surface area contributed by atoms with Gasteiger partial charge in [-0.1, -0.05) is 6.07 Å². The Morgan fingerprint density at radius 1 is 1.53 bits per heavy atom. The van der Waals surface area contributed by atoms with Crippen molar-refractivity contribution in [2.75, 3.05) is 6.61 Å². The van der Waals surface area contributed by atoms with Gasteiger partial charge >= 0.3 is 5.97 Å². The minimum Gasteiger partial charge on any atom is -0.461 e. The molecule has 4 nitrogen and oxygen atoms in total. The smallest absolute Gasteiger partial charge is 0.358 e. The first-order valence-corrected chi connectivity index (χ1v) is 4.85. The Bertz CT molecular complexity index is 502. The number of aromatic nitrogens is 2. The first-order chi connectivity index (χ1) is 7.24. The van der Waals surface area contributed by atoms with E-state index in [2.05, 4.69) is 4.98 Å². The van der Waals surface area contributed by atoms with Crippen LogP contribution in [-0.2, 0) is 4.74 Å². The van der Waals surface area contributed by atoms with Gasteiger partial charge in [0.15, 0.2) is 5.69 Å². The van der Waals surface area contributed by atoms with Crippen LogP contribution < -0.4 is 0 Å². The summed E-state index contributed by atoms with van der Waals surface area (Å²) in [6.45, 7) is 4.00. The summed E-state index contributed by atoms with van der Waals surface area (Å²) in [5.41, 5.74) is 1.96. The van der Waals surface area contributed by atoms with Crippen molar-refractivity contribution in [1.29, 1.82) is 0 Å². The lowest BCUT2D eigenvalue weighted by Crippen LogP contribution is -2.06. The SMILES string of the molecule is CCOC(=O)c1nc2ccccn2c1C. The number of fused-ring (bicyclic) bond motifs is 1. The van der Waals surface area contributed by atoms with Crippen LogP contribution in [0.1, 0.15) is 23.1 Å². The summed E-state index contributed by atoms with van der Waals surface area (Å²) >= 11 is 0. The van der Waals surface area contributed by atoms with Crippen LogP contribution in [0.5, 0.6) is 0 Å². The molecule has 0 saturated heterocycles. The first kappa shape index (κ1) is 9.71. The third-order valence-corrected chi connectivity index (χ3v) is 2.24. The molecular formula is C11H12N2O2. The number of hydrogen-bond acceptors (Lipinski definition) is 3. The maximum Gasteiger partial charge on any atom is 0.358 e. The van der Waals surface area contributed by atoms with E-state index in [0.29, 0.717) is 12.3 Å². The normalized spacial score (nSPS) is 10.5. The Labute approximate surface area is 87.5 Å². The standard InChI is InChI=1S/C11H12N2O2/c1-3-15-11(14)10-8(2)13-7-5-4-6-9(13)12-10/h4-7H,3H2,1-2H3.